The van der Waals surface area contributed by atoms with Gasteiger partial charge in [0, 0.05) is 43.2 Å². The van der Waals surface area contributed by atoms with Crippen molar-refractivity contribution in [2.24, 2.45) is 17.6 Å². The molecule has 1 aliphatic heterocycles. The van der Waals surface area contributed by atoms with E-state index < -0.39 is 0 Å². The van der Waals surface area contributed by atoms with E-state index in [1.807, 2.05) is 12.1 Å². The van der Waals surface area contributed by atoms with E-state index in [2.05, 4.69) is 27.4 Å². The topological polar surface area (TPSA) is 88.3 Å². The van der Waals surface area contributed by atoms with Crippen molar-refractivity contribution >= 4 is 17.6 Å². The predicted molar refractivity (Wildman–Crippen MR) is 96.7 cm³/mol. The number of aromatic nitrogens is 1. The maximum Gasteiger partial charge on any atom is 0.223 e. The van der Waals surface area contributed by atoms with Crippen molar-refractivity contribution in [2.45, 2.75) is 38.6 Å². The first-order chi connectivity index (χ1) is 12.1. The largest absolute Gasteiger partial charge is 0.369 e. The molecule has 25 heavy (non-hydrogen) atoms. The van der Waals surface area contributed by atoms with Crippen molar-refractivity contribution in [3.63, 3.8) is 0 Å². The second-order valence-electron chi connectivity index (χ2n) is 6.85. The number of piperidine rings is 1. The van der Waals surface area contributed by atoms with Gasteiger partial charge in [-0.05, 0) is 38.2 Å². The molecule has 1 aromatic heterocycles. The van der Waals surface area contributed by atoms with Crippen molar-refractivity contribution in [3.05, 3.63) is 36.0 Å². The number of allylic oxidation sites excluding steroid dienone is 2. The lowest BCUT2D eigenvalue weighted by atomic mass is 9.93. The number of primary amides is 1. The molecule has 1 aliphatic carbocycles. The van der Waals surface area contributed by atoms with Crippen molar-refractivity contribution in [1.29, 1.82) is 0 Å². The molecule has 2 heterocycles. The molecule has 1 aromatic rings. The van der Waals surface area contributed by atoms with Crippen molar-refractivity contribution < 1.29 is 9.59 Å². The summed E-state index contributed by atoms with van der Waals surface area (Å²) in [4.78, 5) is 30.4. The number of nitrogens with one attached hydrogen (secondary N) is 1. The van der Waals surface area contributed by atoms with Crippen LogP contribution >= 0.6 is 0 Å². The Labute approximate surface area is 148 Å². The van der Waals surface area contributed by atoms with Gasteiger partial charge in [0.05, 0.1) is 0 Å². The maximum absolute atomic E-state index is 12.3. The molecule has 2 amide bonds. The molecular formula is C19H26N4O2. The number of carbonyl (C=O) groups excluding carboxylic acids is 2. The first kappa shape index (κ1) is 17.5. The van der Waals surface area contributed by atoms with Crippen LogP contribution in [0.3, 0.4) is 0 Å². The Kier molecular flexibility index (Phi) is 5.68. The SMILES string of the molecule is NC(=O)C1CCN(c2ncccc2CNC(=O)[C@H]2CC=CCC2)CC1. The summed E-state index contributed by atoms with van der Waals surface area (Å²) in [5.74, 6) is 0.842. The van der Waals surface area contributed by atoms with E-state index in [1.165, 1.54) is 0 Å². The van der Waals surface area contributed by atoms with E-state index >= 15 is 0 Å². The molecule has 0 spiro atoms. The van der Waals surface area contributed by atoms with E-state index in [1.54, 1.807) is 6.20 Å². The average Bonchev–Trinajstić information content (AvgIpc) is 2.67. The van der Waals surface area contributed by atoms with E-state index in [0.29, 0.717) is 6.54 Å². The molecule has 0 bridgehead atoms. The summed E-state index contributed by atoms with van der Waals surface area (Å²) in [6, 6.07) is 3.90. The molecule has 6 nitrogen and oxygen atoms in total. The van der Waals surface area contributed by atoms with Crippen LogP contribution in [0, 0.1) is 11.8 Å². The third-order valence-corrected chi connectivity index (χ3v) is 5.16. The van der Waals surface area contributed by atoms with Gasteiger partial charge in [0.15, 0.2) is 0 Å². The summed E-state index contributed by atoms with van der Waals surface area (Å²) in [7, 11) is 0. The number of anilines is 1. The first-order valence-corrected chi connectivity index (χ1v) is 9.06. The van der Waals surface area contributed by atoms with Gasteiger partial charge in [-0.3, -0.25) is 9.59 Å². The standard InChI is InChI=1S/C19H26N4O2/c20-17(24)14-8-11-23(12-9-14)18-16(7-4-10-21-18)13-22-19(25)15-5-2-1-3-6-15/h1-2,4,7,10,14-15H,3,5-6,8-9,11-13H2,(H2,20,24)(H,22,25)/t15-/m0/s1. The minimum Gasteiger partial charge on any atom is -0.369 e. The second kappa shape index (κ2) is 8.14. The molecule has 2 aliphatic rings. The molecule has 134 valence electrons. The summed E-state index contributed by atoms with van der Waals surface area (Å²) in [6.07, 6.45) is 10.2. The molecular weight excluding hydrogens is 316 g/mol. The Morgan fingerprint density at radius 1 is 1.20 bits per heavy atom. The minimum absolute atomic E-state index is 0.0394. The smallest absolute Gasteiger partial charge is 0.223 e. The highest BCUT2D eigenvalue weighted by molar-refractivity contribution is 5.79. The summed E-state index contributed by atoms with van der Waals surface area (Å²) < 4.78 is 0. The first-order valence-electron chi connectivity index (χ1n) is 9.06. The highest BCUT2D eigenvalue weighted by atomic mass is 16.2. The lowest BCUT2D eigenvalue weighted by Gasteiger charge is -2.32. The molecule has 1 saturated heterocycles. The summed E-state index contributed by atoms with van der Waals surface area (Å²) in [5, 5.41) is 3.06. The van der Waals surface area contributed by atoms with Crippen LogP contribution in [-0.4, -0.2) is 29.9 Å². The van der Waals surface area contributed by atoms with E-state index in [4.69, 9.17) is 5.73 Å². The van der Waals surface area contributed by atoms with Crippen LogP contribution in [0.1, 0.15) is 37.7 Å². The number of nitrogens with two attached hydrogens (primary N) is 1. The summed E-state index contributed by atoms with van der Waals surface area (Å²) in [5.41, 5.74) is 6.42. The van der Waals surface area contributed by atoms with Crippen LogP contribution < -0.4 is 16.0 Å². The maximum atomic E-state index is 12.3. The number of rotatable bonds is 5. The number of pyridine rings is 1. The third kappa shape index (κ3) is 4.38. The van der Waals surface area contributed by atoms with E-state index in [0.717, 1.165) is 56.6 Å². The zero-order chi connectivity index (χ0) is 17.6. The molecule has 0 radical (unpaired) electrons. The van der Waals surface area contributed by atoms with Gasteiger partial charge in [0.2, 0.25) is 11.8 Å². The third-order valence-electron chi connectivity index (χ3n) is 5.16. The second-order valence-corrected chi connectivity index (χ2v) is 6.85. The monoisotopic (exact) mass is 342 g/mol. The molecule has 1 atom stereocenters. The van der Waals surface area contributed by atoms with Gasteiger partial charge >= 0.3 is 0 Å². The number of carbonyl (C=O) groups is 2. The Hall–Kier alpha value is -2.37. The molecule has 1 fully saturated rings. The Morgan fingerprint density at radius 2 is 2.00 bits per heavy atom. The van der Waals surface area contributed by atoms with Gasteiger partial charge in [-0.15, -0.1) is 0 Å². The van der Waals surface area contributed by atoms with Gasteiger partial charge in [-0.2, -0.15) is 0 Å². The van der Waals surface area contributed by atoms with Crippen molar-refractivity contribution in [2.75, 3.05) is 18.0 Å². The Bertz CT molecular complexity index is 651. The van der Waals surface area contributed by atoms with Crippen molar-refractivity contribution in [3.8, 4) is 0 Å². The number of hydrogen-bond acceptors (Lipinski definition) is 4. The normalized spacial score (nSPS) is 21.1. The van der Waals surface area contributed by atoms with Gasteiger partial charge in [0.25, 0.3) is 0 Å². The van der Waals surface area contributed by atoms with Crippen LogP contribution in [0.2, 0.25) is 0 Å². The van der Waals surface area contributed by atoms with E-state index in [9.17, 15) is 9.59 Å². The zero-order valence-electron chi connectivity index (χ0n) is 14.5. The average molecular weight is 342 g/mol. The molecule has 3 N–H and O–H groups in total. The van der Waals surface area contributed by atoms with Gasteiger partial charge < -0.3 is 16.0 Å². The number of nitrogens with zero attached hydrogens (tertiary/aromatic N) is 2. The zero-order valence-corrected chi connectivity index (χ0v) is 14.5. The predicted octanol–water partition coefficient (Wildman–Crippen LogP) is 1.76. The fourth-order valence-electron chi connectivity index (χ4n) is 3.59. The highest BCUT2D eigenvalue weighted by Gasteiger charge is 2.25. The molecule has 3 rings (SSSR count). The van der Waals surface area contributed by atoms with Gasteiger partial charge in [0.1, 0.15) is 5.82 Å². The van der Waals surface area contributed by atoms with Crippen LogP contribution in [0.25, 0.3) is 0 Å². The summed E-state index contributed by atoms with van der Waals surface area (Å²) >= 11 is 0. The Morgan fingerprint density at radius 3 is 2.68 bits per heavy atom. The van der Waals surface area contributed by atoms with Gasteiger partial charge in [-0.1, -0.05) is 18.2 Å². The quantitative estimate of drug-likeness (QED) is 0.798. The molecule has 0 aromatic carbocycles. The van der Waals surface area contributed by atoms with Crippen molar-refractivity contribution in [1.82, 2.24) is 10.3 Å². The van der Waals surface area contributed by atoms with Crippen LogP contribution in [-0.2, 0) is 16.1 Å². The fourth-order valence-corrected chi connectivity index (χ4v) is 3.59. The summed E-state index contributed by atoms with van der Waals surface area (Å²) in [6.45, 7) is 2.01. The molecule has 0 unspecified atom stereocenters. The van der Waals surface area contributed by atoms with Crippen LogP contribution in [0.15, 0.2) is 30.5 Å². The lowest BCUT2D eigenvalue weighted by molar-refractivity contribution is -0.125. The lowest BCUT2D eigenvalue weighted by Crippen LogP contribution is -2.39. The number of amides is 2. The van der Waals surface area contributed by atoms with Gasteiger partial charge in [-0.25, -0.2) is 4.98 Å². The minimum atomic E-state index is -0.213. The van der Waals surface area contributed by atoms with E-state index in [-0.39, 0.29) is 23.7 Å². The van der Waals surface area contributed by atoms with Crippen LogP contribution in [0.4, 0.5) is 5.82 Å². The number of hydrogen-bond donors (Lipinski definition) is 2. The van der Waals surface area contributed by atoms with Crippen LogP contribution in [0.5, 0.6) is 0 Å². The Balaban J connectivity index is 1.60. The fraction of sp³-hybridized carbons (Fsp3) is 0.526. The molecule has 0 saturated carbocycles. The highest BCUT2D eigenvalue weighted by Crippen LogP contribution is 2.25. The molecule has 6 heteroatoms.